The Balaban J connectivity index is 1.61. The summed E-state index contributed by atoms with van der Waals surface area (Å²) in [6.45, 7) is 0.707. The van der Waals surface area contributed by atoms with Gasteiger partial charge < -0.3 is 11.1 Å². The fourth-order valence-corrected chi connectivity index (χ4v) is 4.34. The number of carbonyl (C=O) groups excluding carboxylic acids is 1. The number of nitrogens with one attached hydrogen (secondary N) is 1. The number of piperidine rings is 1. The van der Waals surface area contributed by atoms with E-state index in [2.05, 4.69) is 10.4 Å². The number of benzene rings is 1. The first kappa shape index (κ1) is 17.4. The molecule has 0 saturated carbocycles. The van der Waals surface area contributed by atoms with E-state index in [1.165, 1.54) is 21.4 Å². The van der Waals surface area contributed by atoms with Gasteiger partial charge in [0.1, 0.15) is 4.90 Å². The number of nitrogen functional groups attached to an aromatic ring is 1. The number of nitrogens with zero attached hydrogens (tertiary/aromatic N) is 3. The quantitative estimate of drug-likeness (QED) is 0.772. The largest absolute Gasteiger partial charge is 0.398 e. The summed E-state index contributed by atoms with van der Waals surface area (Å²) in [6.07, 6.45) is 3.94. The summed E-state index contributed by atoms with van der Waals surface area (Å²) in [5.41, 5.74) is 6.68. The van der Waals surface area contributed by atoms with Gasteiger partial charge in [0, 0.05) is 38.1 Å². The van der Waals surface area contributed by atoms with Gasteiger partial charge in [-0.1, -0.05) is 12.1 Å². The lowest BCUT2D eigenvalue weighted by atomic mass is 10.1. The molecule has 1 saturated heterocycles. The number of aromatic nitrogens is 2. The van der Waals surface area contributed by atoms with E-state index in [9.17, 15) is 13.2 Å². The molecule has 1 aromatic carbocycles. The molecule has 0 spiro atoms. The van der Waals surface area contributed by atoms with Crippen LogP contribution in [0.1, 0.15) is 23.2 Å². The number of hydrogen-bond acceptors (Lipinski definition) is 5. The van der Waals surface area contributed by atoms with Gasteiger partial charge in [0.15, 0.2) is 0 Å². The molecule has 0 atom stereocenters. The zero-order valence-corrected chi connectivity index (χ0v) is 14.7. The summed E-state index contributed by atoms with van der Waals surface area (Å²) >= 11 is 0. The summed E-state index contributed by atoms with van der Waals surface area (Å²) in [5.74, 6) is -0.230. The second kappa shape index (κ2) is 6.85. The Bertz CT molecular complexity index is 869. The van der Waals surface area contributed by atoms with E-state index in [-0.39, 0.29) is 16.8 Å². The van der Waals surface area contributed by atoms with Gasteiger partial charge in [-0.3, -0.25) is 9.48 Å². The van der Waals surface area contributed by atoms with Crippen LogP contribution in [0.3, 0.4) is 0 Å². The zero-order chi connectivity index (χ0) is 18.0. The van der Waals surface area contributed by atoms with Crippen molar-refractivity contribution < 1.29 is 13.2 Å². The maximum absolute atomic E-state index is 12.6. The van der Waals surface area contributed by atoms with Gasteiger partial charge in [0.2, 0.25) is 10.0 Å². The molecule has 1 aliphatic rings. The smallest absolute Gasteiger partial charge is 0.253 e. The highest BCUT2D eigenvalue weighted by Gasteiger charge is 2.31. The Morgan fingerprint density at radius 2 is 1.96 bits per heavy atom. The van der Waals surface area contributed by atoms with Gasteiger partial charge >= 0.3 is 0 Å². The minimum atomic E-state index is -3.53. The monoisotopic (exact) mass is 363 g/mol. The van der Waals surface area contributed by atoms with Crippen LogP contribution in [-0.2, 0) is 17.1 Å². The Labute approximate surface area is 146 Å². The van der Waals surface area contributed by atoms with Crippen LogP contribution in [0, 0.1) is 0 Å². The number of aryl methyl sites for hydroxylation is 1. The SMILES string of the molecule is Cn1cc(S(=O)(=O)N2CCC(NC(=O)c3ccccc3N)CC2)cn1. The lowest BCUT2D eigenvalue weighted by Gasteiger charge is -2.31. The van der Waals surface area contributed by atoms with E-state index in [0.717, 1.165) is 0 Å². The predicted octanol–water partition coefficient (Wildman–Crippen LogP) is 0.585. The molecule has 8 nitrogen and oxygen atoms in total. The van der Waals surface area contributed by atoms with Gasteiger partial charge in [-0.2, -0.15) is 9.40 Å². The van der Waals surface area contributed by atoms with Crippen LogP contribution in [0.5, 0.6) is 0 Å². The van der Waals surface area contributed by atoms with Crippen molar-refractivity contribution >= 4 is 21.6 Å². The number of anilines is 1. The van der Waals surface area contributed by atoms with Crippen molar-refractivity contribution in [3.05, 3.63) is 42.2 Å². The molecule has 25 heavy (non-hydrogen) atoms. The average molecular weight is 363 g/mol. The van der Waals surface area contributed by atoms with Crippen LogP contribution in [-0.4, -0.2) is 47.5 Å². The molecule has 9 heteroatoms. The molecule has 0 unspecified atom stereocenters. The van der Waals surface area contributed by atoms with Crippen molar-refractivity contribution in [2.24, 2.45) is 7.05 Å². The Hall–Kier alpha value is -2.39. The molecule has 0 aliphatic carbocycles. The first-order chi connectivity index (χ1) is 11.9. The van der Waals surface area contributed by atoms with Crippen molar-refractivity contribution in [1.82, 2.24) is 19.4 Å². The first-order valence-electron chi connectivity index (χ1n) is 8.02. The van der Waals surface area contributed by atoms with Gasteiger partial charge in [-0.15, -0.1) is 0 Å². The summed E-state index contributed by atoms with van der Waals surface area (Å²) in [4.78, 5) is 12.5. The molecule has 1 aromatic heterocycles. The highest BCUT2D eigenvalue weighted by atomic mass is 32.2. The zero-order valence-electron chi connectivity index (χ0n) is 13.9. The summed E-state index contributed by atoms with van der Waals surface area (Å²) in [5, 5.41) is 6.85. The fourth-order valence-electron chi connectivity index (χ4n) is 2.89. The number of para-hydroxylation sites is 1. The van der Waals surface area contributed by atoms with Gasteiger partial charge in [0.25, 0.3) is 5.91 Å². The van der Waals surface area contributed by atoms with Crippen LogP contribution in [0.25, 0.3) is 0 Å². The molecule has 1 aliphatic heterocycles. The molecule has 2 aromatic rings. The minimum absolute atomic E-state index is 0.0764. The van der Waals surface area contributed by atoms with Crippen LogP contribution in [0.2, 0.25) is 0 Å². The van der Waals surface area contributed by atoms with Crippen LogP contribution < -0.4 is 11.1 Å². The average Bonchev–Trinajstić information content (AvgIpc) is 3.03. The molecule has 3 rings (SSSR count). The molecule has 3 N–H and O–H groups in total. The van der Waals surface area contributed by atoms with Crippen molar-refractivity contribution in [2.75, 3.05) is 18.8 Å². The lowest BCUT2D eigenvalue weighted by Crippen LogP contribution is -2.46. The van der Waals surface area contributed by atoms with Gasteiger partial charge in [-0.25, -0.2) is 8.42 Å². The number of amides is 1. The molecule has 2 heterocycles. The van der Waals surface area contributed by atoms with Gasteiger partial charge in [-0.05, 0) is 25.0 Å². The summed E-state index contributed by atoms with van der Waals surface area (Å²) < 4.78 is 28.0. The van der Waals surface area contributed by atoms with Crippen LogP contribution >= 0.6 is 0 Å². The maximum Gasteiger partial charge on any atom is 0.253 e. The minimum Gasteiger partial charge on any atom is -0.398 e. The first-order valence-corrected chi connectivity index (χ1v) is 9.46. The number of nitrogens with two attached hydrogens (primary N) is 1. The van der Waals surface area contributed by atoms with E-state index in [0.29, 0.717) is 37.2 Å². The number of rotatable bonds is 4. The van der Waals surface area contributed by atoms with Crippen LogP contribution in [0.15, 0.2) is 41.6 Å². The summed E-state index contributed by atoms with van der Waals surface area (Å²) in [7, 11) is -1.86. The Morgan fingerprint density at radius 1 is 1.28 bits per heavy atom. The molecule has 1 amide bonds. The van der Waals surface area contributed by atoms with E-state index in [4.69, 9.17) is 5.73 Å². The molecular formula is C16H21N5O3S. The third-order valence-corrected chi connectivity index (χ3v) is 6.17. The fraction of sp³-hybridized carbons (Fsp3) is 0.375. The highest BCUT2D eigenvalue weighted by Crippen LogP contribution is 2.21. The third-order valence-electron chi connectivity index (χ3n) is 4.31. The van der Waals surface area contributed by atoms with Gasteiger partial charge in [0.05, 0.1) is 11.8 Å². The van der Waals surface area contributed by atoms with E-state index >= 15 is 0 Å². The second-order valence-electron chi connectivity index (χ2n) is 6.09. The Morgan fingerprint density at radius 3 is 2.56 bits per heavy atom. The lowest BCUT2D eigenvalue weighted by molar-refractivity contribution is 0.0924. The van der Waals surface area contributed by atoms with Crippen LogP contribution in [0.4, 0.5) is 5.69 Å². The van der Waals surface area contributed by atoms with Crippen molar-refractivity contribution in [2.45, 2.75) is 23.8 Å². The number of hydrogen-bond donors (Lipinski definition) is 2. The van der Waals surface area contributed by atoms with E-state index in [1.54, 1.807) is 31.3 Å². The molecular weight excluding hydrogens is 342 g/mol. The highest BCUT2D eigenvalue weighted by molar-refractivity contribution is 7.89. The standard InChI is InChI=1S/C16H21N5O3S/c1-20-11-13(10-18-20)25(23,24)21-8-6-12(7-9-21)19-16(22)14-4-2-3-5-15(14)17/h2-5,10-12H,6-9,17H2,1H3,(H,19,22). The van der Waals surface area contributed by atoms with E-state index in [1.807, 2.05) is 0 Å². The van der Waals surface area contributed by atoms with Crippen molar-refractivity contribution in [3.63, 3.8) is 0 Å². The molecule has 1 fully saturated rings. The normalized spacial score (nSPS) is 16.7. The molecule has 0 bridgehead atoms. The van der Waals surface area contributed by atoms with Crippen molar-refractivity contribution in [3.8, 4) is 0 Å². The maximum atomic E-state index is 12.6. The second-order valence-corrected chi connectivity index (χ2v) is 8.03. The van der Waals surface area contributed by atoms with Crippen molar-refractivity contribution in [1.29, 1.82) is 0 Å². The number of sulfonamides is 1. The molecule has 0 radical (unpaired) electrons. The van der Waals surface area contributed by atoms with E-state index < -0.39 is 10.0 Å². The topological polar surface area (TPSA) is 110 Å². The Kier molecular flexibility index (Phi) is 4.78. The third kappa shape index (κ3) is 3.67. The number of carbonyl (C=O) groups is 1. The molecule has 134 valence electrons. The predicted molar refractivity (Wildman–Crippen MR) is 93.3 cm³/mol. The summed E-state index contributed by atoms with van der Waals surface area (Å²) in [6, 6.07) is 6.81.